The van der Waals surface area contributed by atoms with E-state index in [1.54, 1.807) is 12.1 Å². The molecule has 0 aliphatic carbocycles. The predicted molar refractivity (Wildman–Crippen MR) is 81.0 cm³/mol. The second-order valence-corrected chi connectivity index (χ2v) is 4.76. The fourth-order valence-electron chi connectivity index (χ4n) is 1.80. The van der Waals surface area contributed by atoms with Crippen molar-refractivity contribution in [2.45, 2.75) is 20.3 Å². The van der Waals surface area contributed by atoms with E-state index in [1.165, 1.54) is 0 Å². The van der Waals surface area contributed by atoms with Gasteiger partial charge in [-0.15, -0.1) is 0 Å². The Morgan fingerprint density at radius 3 is 2.38 bits per heavy atom. The van der Waals surface area contributed by atoms with Crippen molar-refractivity contribution < 1.29 is 19.7 Å². The topological polar surface area (TPSA) is 78.8 Å². The van der Waals surface area contributed by atoms with Crippen molar-refractivity contribution in [2.75, 3.05) is 26.4 Å². The van der Waals surface area contributed by atoms with Gasteiger partial charge < -0.3 is 20.3 Å². The highest BCUT2D eigenvalue weighted by Crippen LogP contribution is 2.13. The van der Waals surface area contributed by atoms with Crippen LogP contribution in [-0.4, -0.2) is 42.5 Å². The summed E-state index contributed by atoms with van der Waals surface area (Å²) in [6, 6.07) is 7.33. The number of aliphatic hydroxyl groups is 2. The molecule has 5 nitrogen and oxygen atoms in total. The average Bonchev–Trinajstić information content (AvgIpc) is 2.50. The quantitative estimate of drug-likeness (QED) is 0.630. The van der Waals surface area contributed by atoms with Crippen molar-refractivity contribution in [1.29, 1.82) is 0 Å². The number of hydrogen-bond donors (Lipinski definition) is 3. The molecule has 116 valence electrons. The molecule has 1 aromatic carbocycles. The molecule has 0 aliphatic rings. The van der Waals surface area contributed by atoms with E-state index in [4.69, 9.17) is 14.9 Å². The smallest absolute Gasteiger partial charge is 0.251 e. The molecule has 21 heavy (non-hydrogen) atoms. The lowest BCUT2D eigenvalue weighted by atomic mass is 10.0. The molecule has 3 N–H and O–H groups in total. The lowest BCUT2D eigenvalue weighted by Crippen LogP contribution is -2.26. The summed E-state index contributed by atoms with van der Waals surface area (Å²) in [7, 11) is 0. The van der Waals surface area contributed by atoms with Gasteiger partial charge in [0.05, 0.1) is 19.0 Å². The van der Waals surface area contributed by atoms with Crippen LogP contribution in [0.5, 0.6) is 0 Å². The fourth-order valence-corrected chi connectivity index (χ4v) is 1.80. The van der Waals surface area contributed by atoms with Crippen LogP contribution in [0.4, 0.5) is 0 Å². The van der Waals surface area contributed by atoms with Gasteiger partial charge in [-0.2, -0.15) is 0 Å². The van der Waals surface area contributed by atoms with E-state index in [1.807, 2.05) is 26.0 Å². The van der Waals surface area contributed by atoms with E-state index in [-0.39, 0.29) is 25.7 Å². The Bertz CT molecular complexity index is 480. The minimum atomic E-state index is -0.190. The molecule has 0 unspecified atom stereocenters. The molecule has 0 saturated carbocycles. The summed E-state index contributed by atoms with van der Waals surface area (Å²) in [6.45, 7) is 4.34. The van der Waals surface area contributed by atoms with Crippen molar-refractivity contribution in [2.24, 2.45) is 0 Å². The Kier molecular flexibility index (Phi) is 7.50. The number of ether oxygens (including phenoxy) is 1. The minimum Gasteiger partial charge on any atom is -0.496 e. The van der Waals surface area contributed by atoms with Crippen molar-refractivity contribution >= 4 is 5.91 Å². The standard InChI is InChI=1S/C16H23NO4/c1-12(13(2)21-10-9-19)11-14-3-5-15(6-4-14)16(20)17-7-8-18/h3-6,18-19H,7-11H2,1-2H3,(H,17,20)/b13-12+. The molecule has 0 saturated heterocycles. The normalized spacial score (nSPS) is 11.8. The van der Waals surface area contributed by atoms with Gasteiger partial charge in [-0.1, -0.05) is 12.1 Å². The first-order valence-electron chi connectivity index (χ1n) is 6.96. The van der Waals surface area contributed by atoms with Crippen LogP contribution in [0.1, 0.15) is 29.8 Å². The molecule has 0 aliphatic heterocycles. The SMILES string of the molecule is C/C(Cc1ccc(C(=O)NCCO)cc1)=C(/C)OCCO. The maximum atomic E-state index is 11.7. The first-order valence-corrected chi connectivity index (χ1v) is 6.96. The molecule has 0 atom stereocenters. The lowest BCUT2D eigenvalue weighted by molar-refractivity contribution is 0.0945. The summed E-state index contributed by atoms with van der Waals surface area (Å²) in [5, 5.41) is 20.0. The molecule has 5 heteroatoms. The van der Waals surface area contributed by atoms with Gasteiger partial charge in [0.1, 0.15) is 6.61 Å². The lowest BCUT2D eigenvalue weighted by Gasteiger charge is -2.10. The van der Waals surface area contributed by atoms with Gasteiger partial charge in [0.25, 0.3) is 5.91 Å². The zero-order chi connectivity index (χ0) is 15.7. The minimum absolute atomic E-state index is 0.00225. The van der Waals surface area contributed by atoms with Gasteiger partial charge in [0, 0.05) is 12.1 Å². The second kappa shape index (κ2) is 9.15. The number of carbonyl (C=O) groups is 1. The number of allylic oxidation sites excluding steroid dienone is 2. The van der Waals surface area contributed by atoms with E-state index in [0.717, 1.165) is 23.3 Å². The third-order valence-corrected chi connectivity index (χ3v) is 3.09. The van der Waals surface area contributed by atoms with Crippen molar-refractivity contribution in [3.05, 3.63) is 46.7 Å². The van der Waals surface area contributed by atoms with Crippen molar-refractivity contribution in [1.82, 2.24) is 5.32 Å². The molecular weight excluding hydrogens is 270 g/mol. The summed E-state index contributed by atoms with van der Waals surface area (Å²) in [6.07, 6.45) is 0.732. The van der Waals surface area contributed by atoms with Gasteiger partial charge in [0.15, 0.2) is 0 Å². The molecule has 0 heterocycles. The van der Waals surface area contributed by atoms with Crippen LogP contribution < -0.4 is 5.32 Å². The van der Waals surface area contributed by atoms with Gasteiger partial charge in [-0.3, -0.25) is 4.79 Å². The van der Waals surface area contributed by atoms with Gasteiger partial charge >= 0.3 is 0 Å². The molecule has 1 rings (SSSR count). The molecule has 0 fully saturated rings. The average molecular weight is 293 g/mol. The Balaban J connectivity index is 2.64. The first kappa shape index (κ1) is 17.2. The molecule has 0 bridgehead atoms. The van der Waals surface area contributed by atoms with E-state index in [9.17, 15) is 4.79 Å². The van der Waals surface area contributed by atoms with Crippen LogP contribution in [0.3, 0.4) is 0 Å². The summed E-state index contributed by atoms with van der Waals surface area (Å²) in [5.74, 6) is 0.624. The van der Waals surface area contributed by atoms with Crippen molar-refractivity contribution in [3.63, 3.8) is 0 Å². The number of benzene rings is 1. The summed E-state index contributed by atoms with van der Waals surface area (Å²) in [5.41, 5.74) is 2.74. The van der Waals surface area contributed by atoms with Crippen LogP contribution in [0, 0.1) is 0 Å². The van der Waals surface area contributed by atoms with Gasteiger partial charge in [-0.05, 0) is 43.5 Å². The third kappa shape index (κ3) is 5.97. The van der Waals surface area contributed by atoms with Crippen LogP contribution in [-0.2, 0) is 11.2 Å². The van der Waals surface area contributed by atoms with E-state index in [2.05, 4.69) is 5.32 Å². The maximum absolute atomic E-state index is 11.7. The Morgan fingerprint density at radius 2 is 1.81 bits per heavy atom. The maximum Gasteiger partial charge on any atom is 0.251 e. The monoisotopic (exact) mass is 293 g/mol. The van der Waals surface area contributed by atoms with Crippen molar-refractivity contribution in [3.8, 4) is 0 Å². The van der Waals surface area contributed by atoms with E-state index < -0.39 is 0 Å². The molecular formula is C16H23NO4. The number of rotatable bonds is 8. The second-order valence-electron chi connectivity index (χ2n) is 4.76. The fraction of sp³-hybridized carbons (Fsp3) is 0.438. The summed E-state index contributed by atoms with van der Waals surface area (Å²) in [4.78, 5) is 11.7. The van der Waals surface area contributed by atoms with E-state index in [0.29, 0.717) is 12.2 Å². The third-order valence-electron chi connectivity index (χ3n) is 3.09. The number of aliphatic hydroxyl groups excluding tert-OH is 2. The highest BCUT2D eigenvalue weighted by Gasteiger charge is 2.05. The molecule has 0 radical (unpaired) electrons. The van der Waals surface area contributed by atoms with Crippen LogP contribution in [0.2, 0.25) is 0 Å². The summed E-state index contributed by atoms with van der Waals surface area (Å²) < 4.78 is 5.37. The van der Waals surface area contributed by atoms with E-state index >= 15 is 0 Å². The zero-order valence-corrected chi connectivity index (χ0v) is 12.6. The first-order chi connectivity index (χ1) is 10.1. The molecule has 0 spiro atoms. The highest BCUT2D eigenvalue weighted by atomic mass is 16.5. The Labute approximate surface area is 125 Å². The van der Waals surface area contributed by atoms with Crippen LogP contribution in [0.25, 0.3) is 0 Å². The van der Waals surface area contributed by atoms with Crippen LogP contribution in [0.15, 0.2) is 35.6 Å². The van der Waals surface area contributed by atoms with Gasteiger partial charge in [0.2, 0.25) is 0 Å². The largest absolute Gasteiger partial charge is 0.496 e. The number of hydrogen-bond acceptors (Lipinski definition) is 4. The predicted octanol–water partition coefficient (Wildman–Crippen LogP) is 1.25. The Morgan fingerprint density at radius 1 is 1.14 bits per heavy atom. The van der Waals surface area contributed by atoms with Gasteiger partial charge in [-0.25, -0.2) is 0 Å². The number of carbonyl (C=O) groups excluding carboxylic acids is 1. The summed E-state index contributed by atoms with van der Waals surface area (Å²) >= 11 is 0. The van der Waals surface area contributed by atoms with Crippen LogP contribution >= 0.6 is 0 Å². The zero-order valence-electron chi connectivity index (χ0n) is 12.6. The number of nitrogens with one attached hydrogen (secondary N) is 1. The molecule has 1 amide bonds. The number of amides is 1. The Hall–Kier alpha value is -1.85. The highest BCUT2D eigenvalue weighted by molar-refractivity contribution is 5.94. The molecule has 0 aromatic heterocycles. The molecule has 1 aromatic rings.